The maximum Gasteiger partial charge on any atom is 0.251 e. The van der Waals surface area contributed by atoms with Gasteiger partial charge < -0.3 is 20.1 Å². The molecule has 28 heavy (non-hydrogen) atoms. The van der Waals surface area contributed by atoms with Gasteiger partial charge in [0.1, 0.15) is 0 Å². The summed E-state index contributed by atoms with van der Waals surface area (Å²) in [4.78, 5) is 31.2. The predicted octanol–water partition coefficient (Wildman–Crippen LogP) is 3.53. The number of hydrogen-bond donors (Lipinski definition) is 2. The van der Waals surface area contributed by atoms with Crippen LogP contribution in [0.3, 0.4) is 0 Å². The molecule has 0 aliphatic carbocycles. The van der Waals surface area contributed by atoms with Crippen molar-refractivity contribution in [1.82, 2.24) is 10.3 Å². The van der Waals surface area contributed by atoms with Gasteiger partial charge in [-0.1, -0.05) is 6.92 Å². The molecule has 0 atom stereocenters. The lowest BCUT2D eigenvalue weighted by Crippen LogP contribution is -2.32. The molecule has 1 aromatic carbocycles. The van der Waals surface area contributed by atoms with Crippen molar-refractivity contribution in [2.45, 2.75) is 13.3 Å². The highest BCUT2D eigenvalue weighted by molar-refractivity contribution is 7.17. The molecule has 3 aromatic rings. The molecule has 0 saturated carbocycles. The Kier molecular flexibility index (Phi) is 5.27. The van der Waals surface area contributed by atoms with Crippen LogP contribution in [-0.2, 0) is 11.2 Å². The second kappa shape index (κ2) is 7.99. The van der Waals surface area contributed by atoms with Crippen molar-refractivity contribution in [1.29, 1.82) is 0 Å². The number of nitrogens with zero attached hydrogens (tertiary/aromatic N) is 1. The van der Waals surface area contributed by atoms with Crippen LogP contribution in [0.2, 0.25) is 0 Å². The Labute approximate surface area is 169 Å². The van der Waals surface area contributed by atoms with Crippen LogP contribution in [0.1, 0.15) is 22.2 Å². The number of carbonyl (C=O) groups excluding carboxylic acids is 2. The molecule has 0 unspecified atom stereocenters. The minimum Gasteiger partial charge on any atom is -0.454 e. The standard InChI is InChI=1S/C19H17N3O4S2/c1-2-12-4-6-16(28-12)13-9-27-19(21-13)22-17(23)8-20-18(24)11-3-5-14-15(7-11)26-10-25-14/h3-7,9H,2,8,10H2,1H3,(H,20,24)(H,21,22,23). The molecular formula is C19H17N3O4S2. The van der Waals surface area contributed by atoms with E-state index in [1.165, 1.54) is 16.2 Å². The summed E-state index contributed by atoms with van der Waals surface area (Å²) >= 11 is 3.05. The summed E-state index contributed by atoms with van der Waals surface area (Å²) < 4.78 is 10.5. The molecule has 0 spiro atoms. The van der Waals surface area contributed by atoms with Gasteiger partial charge in [0, 0.05) is 15.8 Å². The minimum atomic E-state index is -0.362. The molecule has 144 valence electrons. The molecule has 1 aliphatic rings. The molecule has 0 radical (unpaired) electrons. The number of amides is 2. The SMILES string of the molecule is CCc1ccc(-c2csc(NC(=O)CNC(=O)c3ccc4c(c3)OCO4)n2)s1. The summed E-state index contributed by atoms with van der Waals surface area (Å²) in [5, 5.41) is 7.72. The first-order chi connectivity index (χ1) is 13.6. The number of rotatable bonds is 6. The smallest absolute Gasteiger partial charge is 0.251 e. The first kappa shape index (κ1) is 18.5. The van der Waals surface area contributed by atoms with Gasteiger partial charge in [0.25, 0.3) is 5.91 Å². The first-order valence-corrected chi connectivity index (χ1v) is 10.3. The minimum absolute atomic E-state index is 0.143. The molecule has 0 bridgehead atoms. The summed E-state index contributed by atoms with van der Waals surface area (Å²) in [6.07, 6.45) is 0.988. The van der Waals surface area contributed by atoms with Crippen LogP contribution in [0.4, 0.5) is 5.13 Å². The Bertz CT molecular complexity index is 1030. The van der Waals surface area contributed by atoms with Crippen molar-refractivity contribution < 1.29 is 19.1 Å². The van der Waals surface area contributed by atoms with Crippen molar-refractivity contribution >= 4 is 39.6 Å². The second-order valence-electron chi connectivity index (χ2n) is 5.96. The Hall–Kier alpha value is -2.91. The average Bonchev–Trinajstić information content (AvgIpc) is 3.44. The number of benzene rings is 1. The van der Waals surface area contributed by atoms with Crippen LogP contribution in [0, 0.1) is 0 Å². The zero-order valence-electron chi connectivity index (χ0n) is 15.0. The van der Waals surface area contributed by atoms with Gasteiger partial charge in [0.15, 0.2) is 16.6 Å². The Balaban J connectivity index is 1.31. The fourth-order valence-electron chi connectivity index (χ4n) is 2.61. The zero-order valence-corrected chi connectivity index (χ0v) is 16.6. The van der Waals surface area contributed by atoms with Gasteiger partial charge in [0.05, 0.1) is 17.1 Å². The Morgan fingerprint density at radius 3 is 2.86 bits per heavy atom. The number of thiophene rings is 1. The fourth-order valence-corrected chi connectivity index (χ4v) is 4.32. The number of aryl methyl sites for hydroxylation is 1. The summed E-state index contributed by atoms with van der Waals surface area (Å²) in [6, 6.07) is 9.01. The molecule has 4 rings (SSSR count). The van der Waals surface area contributed by atoms with Crippen LogP contribution >= 0.6 is 22.7 Å². The number of hydrogen-bond acceptors (Lipinski definition) is 7. The van der Waals surface area contributed by atoms with Crippen molar-refractivity contribution in [3.05, 3.63) is 46.2 Å². The third kappa shape index (κ3) is 4.00. The van der Waals surface area contributed by atoms with E-state index in [0.717, 1.165) is 17.0 Å². The topological polar surface area (TPSA) is 89.6 Å². The summed E-state index contributed by atoms with van der Waals surface area (Å²) in [5.41, 5.74) is 1.24. The van der Waals surface area contributed by atoms with Crippen LogP contribution < -0.4 is 20.1 Å². The highest BCUT2D eigenvalue weighted by atomic mass is 32.1. The molecule has 2 amide bonds. The molecular weight excluding hydrogens is 398 g/mol. The van der Waals surface area contributed by atoms with Crippen LogP contribution in [0.25, 0.3) is 10.6 Å². The average molecular weight is 415 g/mol. The van der Waals surface area contributed by atoms with Crippen molar-refractivity contribution in [2.75, 3.05) is 18.7 Å². The fraction of sp³-hybridized carbons (Fsp3) is 0.211. The normalized spacial score (nSPS) is 12.0. The maximum absolute atomic E-state index is 12.2. The lowest BCUT2D eigenvalue weighted by Gasteiger charge is -2.06. The second-order valence-corrected chi connectivity index (χ2v) is 7.98. The number of anilines is 1. The number of thiazole rings is 1. The quantitative estimate of drug-likeness (QED) is 0.643. The van der Waals surface area contributed by atoms with Gasteiger partial charge in [-0.25, -0.2) is 4.98 Å². The van der Waals surface area contributed by atoms with Crippen LogP contribution in [-0.4, -0.2) is 30.1 Å². The van der Waals surface area contributed by atoms with E-state index in [9.17, 15) is 9.59 Å². The molecule has 2 aromatic heterocycles. The third-order valence-corrected chi connectivity index (χ3v) is 6.07. The molecule has 7 nitrogen and oxygen atoms in total. The largest absolute Gasteiger partial charge is 0.454 e. The van der Waals surface area contributed by atoms with Crippen LogP contribution in [0.5, 0.6) is 11.5 Å². The molecule has 2 N–H and O–H groups in total. The first-order valence-electron chi connectivity index (χ1n) is 8.64. The summed E-state index contributed by atoms with van der Waals surface area (Å²) in [6.45, 7) is 2.10. The van der Waals surface area contributed by atoms with E-state index in [-0.39, 0.29) is 25.2 Å². The van der Waals surface area contributed by atoms with Gasteiger partial charge in [-0.15, -0.1) is 22.7 Å². The van der Waals surface area contributed by atoms with Crippen molar-refractivity contribution in [3.8, 4) is 22.1 Å². The van der Waals surface area contributed by atoms with E-state index in [4.69, 9.17) is 9.47 Å². The van der Waals surface area contributed by atoms with E-state index in [0.29, 0.717) is 22.2 Å². The lowest BCUT2D eigenvalue weighted by atomic mass is 10.2. The molecule has 0 fully saturated rings. The van der Waals surface area contributed by atoms with Gasteiger partial charge in [-0.2, -0.15) is 0 Å². The summed E-state index contributed by atoms with van der Waals surface area (Å²) in [5.74, 6) is 0.423. The van der Waals surface area contributed by atoms with E-state index in [1.807, 2.05) is 11.4 Å². The maximum atomic E-state index is 12.2. The number of aromatic nitrogens is 1. The van der Waals surface area contributed by atoms with E-state index in [1.54, 1.807) is 29.5 Å². The van der Waals surface area contributed by atoms with Crippen LogP contribution in [0.15, 0.2) is 35.7 Å². The number of carbonyl (C=O) groups is 2. The monoisotopic (exact) mass is 415 g/mol. The molecule has 1 aliphatic heterocycles. The van der Waals surface area contributed by atoms with Gasteiger partial charge >= 0.3 is 0 Å². The predicted molar refractivity (Wildman–Crippen MR) is 108 cm³/mol. The molecule has 0 saturated heterocycles. The third-order valence-electron chi connectivity index (χ3n) is 4.06. The highest BCUT2D eigenvalue weighted by Gasteiger charge is 2.17. The van der Waals surface area contributed by atoms with Gasteiger partial charge in [-0.05, 0) is 36.8 Å². The highest BCUT2D eigenvalue weighted by Crippen LogP contribution is 2.32. The number of ether oxygens (including phenoxy) is 2. The van der Waals surface area contributed by atoms with E-state index < -0.39 is 0 Å². The molecule has 3 heterocycles. The lowest BCUT2D eigenvalue weighted by molar-refractivity contribution is -0.115. The van der Waals surface area contributed by atoms with E-state index >= 15 is 0 Å². The molecule has 9 heteroatoms. The van der Waals surface area contributed by atoms with Gasteiger partial charge in [-0.3, -0.25) is 9.59 Å². The number of fused-ring (bicyclic) bond motifs is 1. The van der Waals surface area contributed by atoms with E-state index in [2.05, 4.69) is 28.6 Å². The Morgan fingerprint density at radius 2 is 2.04 bits per heavy atom. The number of nitrogens with one attached hydrogen (secondary N) is 2. The summed E-state index contributed by atoms with van der Waals surface area (Å²) in [7, 11) is 0. The zero-order chi connectivity index (χ0) is 19.5. The van der Waals surface area contributed by atoms with Crippen molar-refractivity contribution in [2.24, 2.45) is 0 Å². The Morgan fingerprint density at radius 1 is 1.18 bits per heavy atom. The van der Waals surface area contributed by atoms with Crippen molar-refractivity contribution in [3.63, 3.8) is 0 Å². The van der Waals surface area contributed by atoms with Gasteiger partial charge in [0.2, 0.25) is 12.7 Å².